The zero-order chi connectivity index (χ0) is 16.8. The molecule has 0 radical (unpaired) electrons. The van der Waals surface area contributed by atoms with Crippen LogP contribution in [-0.2, 0) is 4.79 Å². The Hall–Kier alpha value is -1.88. The van der Waals surface area contributed by atoms with Crippen molar-refractivity contribution in [2.75, 3.05) is 19.7 Å². The van der Waals surface area contributed by atoms with Gasteiger partial charge in [-0.1, -0.05) is 0 Å². The predicted molar refractivity (Wildman–Crippen MR) is 89.5 cm³/mol. The summed E-state index contributed by atoms with van der Waals surface area (Å²) < 4.78 is 5.36. The first-order chi connectivity index (χ1) is 11.0. The second kappa shape index (κ2) is 8.11. The quantitative estimate of drug-likeness (QED) is 0.783. The van der Waals surface area contributed by atoms with Crippen LogP contribution in [0.5, 0.6) is 5.75 Å². The molecule has 0 spiro atoms. The van der Waals surface area contributed by atoms with E-state index in [1.165, 1.54) is 0 Å². The van der Waals surface area contributed by atoms with Crippen LogP contribution in [0.25, 0.3) is 0 Å². The van der Waals surface area contributed by atoms with E-state index in [1.54, 1.807) is 24.3 Å². The van der Waals surface area contributed by atoms with Gasteiger partial charge in [0.1, 0.15) is 5.75 Å². The maximum absolute atomic E-state index is 12.3. The number of likely N-dealkylation sites (tertiary alicyclic amines) is 1. The van der Waals surface area contributed by atoms with Gasteiger partial charge in [0, 0.05) is 31.0 Å². The second-order valence-electron chi connectivity index (χ2n) is 6.11. The van der Waals surface area contributed by atoms with E-state index in [0.29, 0.717) is 31.2 Å². The standard InChI is InChI=1S/C18H26N2O3/c1-3-23-16-6-4-15(5-7-16)17(21)8-9-18(22)20-12-14(11-19)10-13(20)2/h4-7,13-14H,3,8-12,19H2,1-2H3. The van der Waals surface area contributed by atoms with Crippen molar-refractivity contribution in [3.8, 4) is 5.75 Å². The summed E-state index contributed by atoms with van der Waals surface area (Å²) >= 11 is 0. The number of Topliss-reactive ketones (excluding diaryl/α,β-unsaturated/α-hetero) is 1. The Labute approximate surface area is 137 Å². The number of ketones is 1. The molecule has 1 aromatic rings. The normalized spacial score (nSPS) is 20.6. The molecule has 126 valence electrons. The molecule has 5 heteroatoms. The minimum Gasteiger partial charge on any atom is -0.494 e. The van der Waals surface area contributed by atoms with Gasteiger partial charge in [0.15, 0.2) is 5.78 Å². The van der Waals surface area contributed by atoms with Crippen molar-refractivity contribution in [3.63, 3.8) is 0 Å². The van der Waals surface area contributed by atoms with Crippen molar-refractivity contribution < 1.29 is 14.3 Å². The Morgan fingerprint density at radius 2 is 1.96 bits per heavy atom. The maximum atomic E-state index is 12.3. The molecular weight excluding hydrogens is 292 g/mol. The Morgan fingerprint density at radius 1 is 1.26 bits per heavy atom. The van der Waals surface area contributed by atoms with Crippen LogP contribution in [0.2, 0.25) is 0 Å². The lowest BCUT2D eigenvalue weighted by atomic mass is 10.1. The van der Waals surface area contributed by atoms with Crippen molar-refractivity contribution in [3.05, 3.63) is 29.8 Å². The number of ether oxygens (including phenoxy) is 1. The van der Waals surface area contributed by atoms with Crippen LogP contribution in [0.4, 0.5) is 0 Å². The van der Waals surface area contributed by atoms with Crippen molar-refractivity contribution in [2.45, 2.75) is 39.2 Å². The van der Waals surface area contributed by atoms with Crippen LogP contribution in [0, 0.1) is 5.92 Å². The number of nitrogens with two attached hydrogens (primary N) is 1. The summed E-state index contributed by atoms with van der Waals surface area (Å²) in [5.74, 6) is 1.17. The molecule has 1 aliphatic heterocycles. The van der Waals surface area contributed by atoms with E-state index >= 15 is 0 Å². The van der Waals surface area contributed by atoms with Crippen LogP contribution in [0.15, 0.2) is 24.3 Å². The molecular formula is C18H26N2O3. The summed E-state index contributed by atoms with van der Waals surface area (Å²) in [4.78, 5) is 26.4. The largest absolute Gasteiger partial charge is 0.494 e. The SMILES string of the molecule is CCOc1ccc(C(=O)CCC(=O)N2CC(CN)CC2C)cc1. The van der Waals surface area contributed by atoms with Crippen LogP contribution >= 0.6 is 0 Å². The molecule has 0 bridgehead atoms. The highest BCUT2D eigenvalue weighted by atomic mass is 16.5. The third kappa shape index (κ3) is 4.55. The number of amides is 1. The molecule has 1 aromatic carbocycles. The molecule has 2 atom stereocenters. The summed E-state index contributed by atoms with van der Waals surface area (Å²) in [5.41, 5.74) is 6.31. The fraction of sp³-hybridized carbons (Fsp3) is 0.556. The molecule has 2 N–H and O–H groups in total. The first-order valence-corrected chi connectivity index (χ1v) is 8.30. The van der Waals surface area contributed by atoms with Crippen LogP contribution in [0.3, 0.4) is 0 Å². The third-order valence-corrected chi connectivity index (χ3v) is 4.37. The molecule has 0 saturated carbocycles. The fourth-order valence-electron chi connectivity index (χ4n) is 3.07. The molecule has 1 saturated heterocycles. The number of hydrogen-bond acceptors (Lipinski definition) is 4. The Morgan fingerprint density at radius 3 is 2.52 bits per heavy atom. The van der Waals surface area contributed by atoms with Gasteiger partial charge in [-0.3, -0.25) is 9.59 Å². The molecule has 23 heavy (non-hydrogen) atoms. The number of hydrogen-bond donors (Lipinski definition) is 1. The van der Waals surface area contributed by atoms with Gasteiger partial charge in [-0.2, -0.15) is 0 Å². The Kier molecular flexibility index (Phi) is 6.16. The number of benzene rings is 1. The van der Waals surface area contributed by atoms with Crippen LogP contribution < -0.4 is 10.5 Å². The van der Waals surface area contributed by atoms with Gasteiger partial charge < -0.3 is 15.4 Å². The summed E-state index contributed by atoms with van der Waals surface area (Å²) in [7, 11) is 0. The van der Waals surface area contributed by atoms with Crippen molar-refractivity contribution >= 4 is 11.7 Å². The van der Waals surface area contributed by atoms with E-state index < -0.39 is 0 Å². The molecule has 1 amide bonds. The van der Waals surface area contributed by atoms with E-state index in [-0.39, 0.29) is 30.6 Å². The minimum absolute atomic E-state index is 0.0105. The van der Waals surface area contributed by atoms with Crippen LogP contribution in [0.1, 0.15) is 43.5 Å². The number of rotatable bonds is 7. The van der Waals surface area contributed by atoms with Gasteiger partial charge in [0.2, 0.25) is 5.91 Å². The van der Waals surface area contributed by atoms with Crippen LogP contribution in [-0.4, -0.2) is 42.3 Å². The van der Waals surface area contributed by atoms with Gasteiger partial charge in [0.25, 0.3) is 0 Å². The Balaban J connectivity index is 1.85. The highest BCUT2D eigenvalue weighted by molar-refractivity contribution is 5.98. The van der Waals surface area contributed by atoms with Crippen molar-refractivity contribution in [1.82, 2.24) is 4.90 Å². The van der Waals surface area contributed by atoms with E-state index in [1.807, 2.05) is 18.7 Å². The van der Waals surface area contributed by atoms with Gasteiger partial charge >= 0.3 is 0 Å². The molecule has 0 aromatic heterocycles. The summed E-state index contributed by atoms with van der Waals surface area (Å²) in [6.45, 7) is 5.88. The lowest BCUT2D eigenvalue weighted by Crippen LogP contribution is -2.34. The fourth-order valence-corrected chi connectivity index (χ4v) is 3.07. The van der Waals surface area contributed by atoms with E-state index in [9.17, 15) is 9.59 Å². The average Bonchev–Trinajstić information content (AvgIpc) is 2.94. The van der Waals surface area contributed by atoms with Gasteiger partial charge in [-0.05, 0) is 57.0 Å². The van der Waals surface area contributed by atoms with E-state index in [2.05, 4.69) is 0 Å². The van der Waals surface area contributed by atoms with Gasteiger partial charge in [-0.15, -0.1) is 0 Å². The molecule has 1 fully saturated rings. The first kappa shape index (κ1) is 17.5. The monoisotopic (exact) mass is 318 g/mol. The van der Waals surface area contributed by atoms with Crippen molar-refractivity contribution in [1.29, 1.82) is 0 Å². The third-order valence-electron chi connectivity index (χ3n) is 4.37. The molecule has 1 heterocycles. The molecule has 5 nitrogen and oxygen atoms in total. The molecule has 1 aliphatic rings. The summed E-state index contributed by atoms with van der Waals surface area (Å²) in [6, 6.07) is 7.29. The van der Waals surface area contributed by atoms with Crippen molar-refractivity contribution in [2.24, 2.45) is 11.7 Å². The molecule has 2 unspecified atom stereocenters. The maximum Gasteiger partial charge on any atom is 0.223 e. The highest BCUT2D eigenvalue weighted by Crippen LogP contribution is 2.23. The predicted octanol–water partition coefficient (Wildman–Crippen LogP) is 2.24. The Bertz CT molecular complexity index is 542. The lowest BCUT2D eigenvalue weighted by molar-refractivity contribution is -0.131. The summed E-state index contributed by atoms with van der Waals surface area (Å²) in [6.07, 6.45) is 1.45. The highest BCUT2D eigenvalue weighted by Gasteiger charge is 2.31. The minimum atomic E-state index is -0.0105. The molecule has 0 aliphatic carbocycles. The van der Waals surface area contributed by atoms with E-state index in [4.69, 9.17) is 10.5 Å². The number of carbonyl (C=O) groups excluding carboxylic acids is 2. The zero-order valence-electron chi connectivity index (χ0n) is 14.0. The average molecular weight is 318 g/mol. The topological polar surface area (TPSA) is 72.6 Å². The number of carbonyl (C=O) groups is 2. The van der Waals surface area contributed by atoms with Gasteiger partial charge in [-0.25, -0.2) is 0 Å². The lowest BCUT2D eigenvalue weighted by Gasteiger charge is -2.21. The number of nitrogens with zero attached hydrogens (tertiary/aromatic N) is 1. The second-order valence-corrected chi connectivity index (χ2v) is 6.11. The summed E-state index contributed by atoms with van der Waals surface area (Å²) in [5, 5.41) is 0. The van der Waals surface area contributed by atoms with Gasteiger partial charge in [0.05, 0.1) is 6.61 Å². The first-order valence-electron chi connectivity index (χ1n) is 8.30. The smallest absolute Gasteiger partial charge is 0.223 e. The molecule has 2 rings (SSSR count). The zero-order valence-corrected chi connectivity index (χ0v) is 14.0. The van der Waals surface area contributed by atoms with E-state index in [0.717, 1.165) is 12.2 Å².